The molecule has 0 N–H and O–H groups in total. The molecule has 0 saturated heterocycles. The maximum Gasteiger partial charge on any atom is 0.143 e. The van der Waals surface area contributed by atoms with Crippen molar-refractivity contribution in [2.75, 3.05) is 4.90 Å². The van der Waals surface area contributed by atoms with Crippen molar-refractivity contribution in [3.05, 3.63) is 164 Å². The molecule has 1 heterocycles. The number of anilines is 3. The fourth-order valence-electron chi connectivity index (χ4n) is 6.56. The molecule has 1 aromatic heterocycles. The van der Waals surface area contributed by atoms with E-state index in [0.29, 0.717) is 0 Å². The molecule has 0 unspecified atom stereocenters. The van der Waals surface area contributed by atoms with E-state index in [1.165, 1.54) is 32.7 Å². The van der Waals surface area contributed by atoms with Crippen LogP contribution < -0.4 is 4.90 Å². The van der Waals surface area contributed by atoms with Gasteiger partial charge in [-0.1, -0.05) is 109 Å². The van der Waals surface area contributed by atoms with Gasteiger partial charge < -0.3 is 9.32 Å². The molecule has 206 valence electrons. The Bertz CT molecular complexity index is 2500. The van der Waals surface area contributed by atoms with E-state index in [2.05, 4.69) is 157 Å². The van der Waals surface area contributed by atoms with Crippen LogP contribution in [0.3, 0.4) is 0 Å². The third-order valence-corrected chi connectivity index (χ3v) is 8.80. The van der Waals surface area contributed by atoms with Gasteiger partial charge in [-0.15, -0.1) is 0 Å². The molecule has 9 aromatic rings. The number of fused-ring (bicyclic) bond motifs is 7. The monoisotopic (exact) mass is 561 g/mol. The van der Waals surface area contributed by atoms with Crippen LogP contribution in [0.15, 0.2) is 168 Å². The molecule has 0 atom stereocenters. The smallest absolute Gasteiger partial charge is 0.143 e. The van der Waals surface area contributed by atoms with E-state index in [0.717, 1.165) is 49.8 Å². The molecular formula is C42H27NO. The molecule has 2 nitrogen and oxygen atoms in total. The van der Waals surface area contributed by atoms with Gasteiger partial charge in [-0.05, 0) is 92.7 Å². The predicted octanol–water partition coefficient (Wildman–Crippen LogP) is 12.2. The van der Waals surface area contributed by atoms with Gasteiger partial charge in [-0.3, -0.25) is 0 Å². The highest BCUT2D eigenvalue weighted by molar-refractivity contribution is 6.15. The minimum absolute atomic E-state index is 0.913. The van der Waals surface area contributed by atoms with Crippen LogP contribution in [-0.2, 0) is 0 Å². The first-order chi connectivity index (χ1) is 21.8. The van der Waals surface area contributed by atoms with Gasteiger partial charge in [0.25, 0.3) is 0 Å². The number of hydrogen-bond donors (Lipinski definition) is 0. The molecule has 0 aliphatic rings. The number of hydrogen-bond acceptors (Lipinski definition) is 2. The fraction of sp³-hybridized carbons (Fsp3) is 0. The molecule has 0 saturated carbocycles. The highest BCUT2D eigenvalue weighted by Crippen LogP contribution is 2.41. The molecule has 0 radical (unpaired) electrons. The second-order valence-electron chi connectivity index (χ2n) is 11.4. The zero-order valence-corrected chi connectivity index (χ0v) is 23.9. The second-order valence-corrected chi connectivity index (χ2v) is 11.4. The summed E-state index contributed by atoms with van der Waals surface area (Å²) in [7, 11) is 0. The van der Waals surface area contributed by atoms with Gasteiger partial charge in [0.15, 0.2) is 0 Å². The second kappa shape index (κ2) is 9.86. The van der Waals surface area contributed by atoms with Crippen LogP contribution in [0.25, 0.3) is 65.4 Å². The highest BCUT2D eigenvalue weighted by Gasteiger charge is 2.16. The zero-order valence-electron chi connectivity index (χ0n) is 23.9. The third-order valence-electron chi connectivity index (χ3n) is 8.80. The first-order valence-corrected chi connectivity index (χ1v) is 15.0. The molecule has 44 heavy (non-hydrogen) atoms. The number of furan rings is 1. The number of rotatable bonds is 4. The molecule has 8 aromatic carbocycles. The lowest BCUT2D eigenvalue weighted by Gasteiger charge is -2.26. The summed E-state index contributed by atoms with van der Waals surface area (Å²) in [6, 6.07) is 58.7. The molecule has 0 aliphatic heterocycles. The lowest BCUT2D eigenvalue weighted by atomic mass is 10.0. The normalized spacial score (nSPS) is 11.6. The summed E-state index contributed by atoms with van der Waals surface area (Å²) < 4.78 is 6.45. The number of benzene rings is 8. The quantitative estimate of drug-likeness (QED) is 0.212. The Morgan fingerprint density at radius 3 is 1.70 bits per heavy atom. The van der Waals surface area contributed by atoms with Gasteiger partial charge in [0, 0.05) is 33.2 Å². The van der Waals surface area contributed by atoms with Crippen LogP contribution in [0.5, 0.6) is 0 Å². The Kier molecular flexibility index (Phi) is 5.54. The summed E-state index contributed by atoms with van der Waals surface area (Å²) >= 11 is 0. The van der Waals surface area contributed by atoms with Gasteiger partial charge in [0.05, 0.1) is 0 Å². The Morgan fingerprint density at radius 2 is 0.909 bits per heavy atom. The van der Waals surface area contributed by atoms with E-state index in [1.54, 1.807) is 0 Å². The summed E-state index contributed by atoms with van der Waals surface area (Å²) in [4.78, 5) is 2.34. The van der Waals surface area contributed by atoms with Gasteiger partial charge in [-0.25, -0.2) is 0 Å². The first-order valence-electron chi connectivity index (χ1n) is 15.0. The fourth-order valence-corrected chi connectivity index (χ4v) is 6.56. The molecular weight excluding hydrogens is 534 g/mol. The molecule has 0 aliphatic carbocycles. The minimum Gasteiger partial charge on any atom is -0.455 e. The largest absolute Gasteiger partial charge is 0.455 e. The van der Waals surface area contributed by atoms with E-state index in [4.69, 9.17) is 4.42 Å². The van der Waals surface area contributed by atoms with Crippen molar-refractivity contribution in [3.8, 4) is 11.1 Å². The minimum atomic E-state index is 0.913. The van der Waals surface area contributed by atoms with Crippen LogP contribution >= 0.6 is 0 Å². The van der Waals surface area contributed by atoms with Crippen LogP contribution in [0.1, 0.15) is 0 Å². The maximum absolute atomic E-state index is 6.45. The van der Waals surface area contributed by atoms with E-state index in [9.17, 15) is 0 Å². The van der Waals surface area contributed by atoms with E-state index in [-0.39, 0.29) is 0 Å². The maximum atomic E-state index is 6.45. The van der Waals surface area contributed by atoms with Crippen molar-refractivity contribution >= 4 is 71.3 Å². The van der Waals surface area contributed by atoms with Crippen LogP contribution in [0, 0.1) is 0 Å². The van der Waals surface area contributed by atoms with Crippen LogP contribution in [0.2, 0.25) is 0 Å². The van der Waals surface area contributed by atoms with Crippen molar-refractivity contribution in [2.24, 2.45) is 0 Å². The summed E-state index contributed by atoms with van der Waals surface area (Å²) in [6.07, 6.45) is 0. The average Bonchev–Trinajstić information content (AvgIpc) is 3.48. The van der Waals surface area contributed by atoms with Gasteiger partial charge in [0.1, 0.15) is 11.2 Å². The molecule has 0 amide bonds. The summed E-state index contributed by atoms with van der Waals surface area (Å²) in [5.41, 5.74) is 7.54. The van der Waals surface area contributed by atoms with E-state index in [1.807, 2.05) is 12.1 Å². The highest BCUT2D eigenvalue weighted by atomic mass is 16.3. The molecule has 0 spiro atoms. The SMILES string of the molecule is c1ccc2cc(-c3ccc(N(c4ccc5ccccc5c4)c4ccc5ccc6c7ccccc7oc6c5c4)cc3)ccc2c1. The van der Waals surface area contributed by atoms with Crippen LogP contribution in [-0.4, -0.2) is 0 Å². The first kappa shape index (κ1) is 24.7. The van der Waals surface area contributed by atoms with Crippen molar-refractivity contribution < 1.29 is 4.42 Å². The number of nitrogens with zero attached hydrogens (tertiary/aromatic N) is 1. The standard InChI is InChI=1S/C42H27NO/c1-3-9-32-25-34(14-13-28(32)7-1)30-15-20-35(21-16-30)43(36-22-17-29-8-2-4-10-33(29)26-36)37-23-18-31-19-24-39-38-11-5-6-12-41(38)44-42(39)40(31)27-37/h1-27H. The topological polar surface area (TPSA) is 16.4 Å². The average molecular weight is 562 g/mol. The molecule has 0 fully saturated rings. The lowest BCUT2D eigenvalue weighted by Crippen LogP contribution is -2.09. The predicted molar refractivity (Wildman–Crippen MR) is 186 cm³/mol. The van der Waals surface area contributed by atoms with Gasteiger partial charge >= 0.3 is 0 Å². The zero-order chi connectivity index (χ0) is 29.0. The lowest BCUT2D eigenvalue weighted by molar-refractivity contribution is 0.672. The molecule has 2 heteroatoms. The van der Waals surface area contributed by atoms with Gasteiger partial charge in [-0.2, -0.15) is 0 Å². The Hall–Kier alpha value is -5.86. The van der Waals surface area contributed by atoms with Crippen molar-refractivity contribution in [1.82, 2.24) is 0 Å². The summed E-state index contributed by atoms with van der Waals surface area (Å²) in [5, 5.41) is 9.49. The Labute approximate surface area is 255 Å². The van der Waals surface area contributed by atoms with Crippen molar-refractivity contribution in [2.45, 2.75) is 0 Å². The van der Waals surface area contributed by atoms with E-state index >= 15 is 0 Å². The van der Waals surface area contributed by atoms with Crippen LogP contribution in [0.4, 0.5) is 17.1 Å². The summed E-state index contributed by atoms with van der Waals surface area (Å²) in [6.45, 7) is 0. The van der Waals surface area contributed by atoms with Gasteiger partial charge in [0.2, 0.25) is 0 Å². The molecule has 0 bridgehead atoms. The Balaban J connectivity index is 1.21. The molecule has 9 rings (SSSR count). The summed E-state index contributed by atoms with van der Waals surface area (Å²) in [5.74, 6) is 0. The third kappa shape index (κ3) is 4.04. The van der Waals surface area contributed by atoms with E-state index < -0.39 is 0 Å². The number of para-hydroxylation sites is 1. The van der Waals surface area contributed by atoms with Crippen molar-refractivity contribution in [1.29, 1.82) is 0 Å². The van der Waals surface area contributed by atoms with Crippen molar-refractivity contribution in [3.63, 3.8) is 0 Å². The Morgan fingerprint density at radius 1 is 0.341 bits per heavy atom.